The molecular formula is C19H23ClN2. The SMILES string of the molecule is CN1CC[C@@H]2c3ccccc3[C@H](c3ccc(N)cc3)C[C@@H]21.Cl. The van der Waals surface area contributed by atoms with Crippen molar-refractivity contribution < 1.29 is 0 Å². The average Bonchev–Trinajstić information content (AvgIpc) is 2.89. The van der Waals surface area contributed by atoms with Gasteiger partial charge in [-0.25, -0.2) is 0 Å². The highest BCUT2D eigenvalue weighted by molar-refractivity contribution is 5.85. The third-order valence-corrected chi connectivity index (χ3v) is 5.41. The van der Waals surface area contributed by atoms with Gasteiger partial charge in [0.1, 0.15) is 0 Å². The topological polar surface area (TPSA) is 29.3 Å². The van der Waals surface area contributed by atoms with Crippen LogP contribution in [0.15, 0.2) is 48.5 Å². The number of halogens is 1. The van der Waals surface area contributed by atoms with Crippen molar-refractivity contribution in [3.05, 3.63) is 65.2 Å². The molecule has 2 aromatic rings. The van der Waals surface area contributed by atoms with Gasteiger partial charge in [-0.05, 0) is 55.3 Å². The Labute approximate surface area is 138 Å². The van der Waals surface area contributed by atoms with E-state index in [0.29, 0.717) is 12.0 Å². The summed E-state index contributed by atoms with van der Waals surface area (Å²) in [6.45, 7) is 1.22. The molecule has 1 aliphatic heterocycles. The number of hydrogen-bond acceptors (Lipinski definition) is 2. The number of hydrogen-bond donors (Lipinski definition) is 1. The van der Waals surface area contributed by atoms with Crippen molar-refractivity contribution in [2.24, 2.45) is 0 Å². The van der Waals surface area contributed by atoms with Crippen LogP contribution in [0.25, 0.3) is 0 Å². The van der Waals surface area contributed by atoms with Crippen LogP contribution in [0.1, 0.15) is 41.4 Å². The fourth-order valence-corrected chi connectivity index (χ4v) is 4.29. The lowest BCUT2D eigenvalue weighted by Crippen LogP contribution is -2.34. The van der Waals surface area contributed by atoms with Gasteiger partial charge >= 0.3 is 0 Å². The number of nitrogens with two attached hydrogens (primary N) is 1. The van der Waals surface area contributed by atoms with Crippen LogP contribution in [0, 0.1) is 0 Å². The van der Waals surface area contributed by atoms with Gasteiger partial charge < -0.3 is 10.6 Å². The number of rotatable bonds is 1. The van der Waals surface area contributed by atoms with Gasteiger partial charge in [0.15, 0.2) is 0 Å². The molecule has 0 unspecified atom stereocenters. The Balaban J connectivity index is 0.00000144. The molecule has 0 saturated carbocycles. The molecule has 2 aromatic carbocycles. The first-order valence-electron chi connectivity index (χ1n) is 7.88. The number of nitrogens with zero attached hydrogens (tertiary/aromatic N) is 1. The summed E-state index contributed by atoms with van der Waals surface area (Å²) in [5.74, 6) is 1.22. The highest BCUT2D eigenvalue weighted by Gasteiger charge is 2.40. The molecule has 3 atom stereocenters. The van der Waals surface area contributed by atoms with Crippen molar-refractivity contribution in [2.75, 3.05) is 19.3 Å². The Morgan fingerprint density at radius 1 is 1.00 bits per heavy atom. The predicted molar refractivity (Wildman–Crippen MR) is 94.8 cm³/mol. The first kappa shape index (κ1) is 15.4. The summed E-state index contributed by atoms with van der Waals surface area (Å²) in [5, 5.41) is 0. The van der Waals surface area contributed by atoms with E-state index < -0.39 is 0 Å². The molecule has 0 spiro atoms. The summed E-state index contributed by atoms with van der Waals surface area (Å²) in [7, 11) is 2.28. The smallest absolute Gasteiger partial charge is 0.0314 e. The lowest BCUT2D eigenvalue weighted by atomic mass is 9.71. The summed E-state index contributed by atoms with van der Waals surface area (Å²) >= 11 is 0. The maximum Gasteiger partial charge on any atom is 0.0314 e. The Kier molecular flexibility index (Phi) is 4.16. The van der Waals surface area contributed by atoms with Gasteiger partial charge in [-0.3, -0.25) is 0 Å². The minimum absolute atomic E-state index is 0. The summed E-state index contributed by atoms with van der Waals surface area (Å²) in [5.41, 5.74) is 11.2. The highest BCUT2D eigenvalue weighted by Crippen LogP contribution is 2.47. The van der Waals surface area contributed by atoms with Gasteiger partial charge in [0.2, 0.25) is 0 Å². The Morgan fingerprint density at radius 3 is 2.41 bits per heavy atom. The second kappa shape index (κ2) is 5.94. The van der Waals surface area contributed by atoms with Gasteiger partial charge in [-0.15, -0.1) is 12.4 Å². The average molecular weight is 315 g/mol. The lowest BCUT2D eigenvalue weighted by molar-refractivity contribution is 0.265. The molecule has 3 heteroatoms. The first-order chi connectivity index (χ1) is 10.2. The van der Waals surface area contributed by atoms with E-state index in [1.165, 1.54) is 30.5 Å². The monoisotopic (exact) mass is 314 g/mol. The first-order valence-corrected chi connectivity index (χ1v) is 7.88. The molecule has 22 heavy (non-hydrogen) atoms. The third kappa shape index (κ3) is 2.41. The van der Waals surface area contributed by atoms with E-state index in [2.05, 4.69) is 48.3 Å². The van der Waals surface area contributed by atoms with Gasteiger partial charge in [0.25, 0.3) is 0 Å². The Bertz CT molecular complexity index is 653. The Hall–Kier alpha value is -1.51. The van der Waals surface area contributed by atoms with E-state index in [9.17, 15) is 0 Å². The van der Waals surface area contributed by atoms with Gasteiger partial charge in [0, 0.05) is 23.6 Å². The second-order valence-corrected chi connectivity index (χ2v) is 6.53. The number of benzene rings is 2. The Morgan fingerprint density at radius 2 is 1.68 bits per heavy atom. The molecule has 1 fully saturated rings. The quantitative estimate of drug-likeness (QED) is 0.806. The fraction of sp³-hybridized carbons (Fsp3) is 0.368. The van der Waals surface area contributed by atoms with Crippen molar-refractivity contribution in [1.29, 1.82) is 0 Å². The summed E-state index contributed by atoms with van der Waals surface area (Å²) in [4.78, 5) is 2.55. The van der Waals surface area contributed by atoms with E-state index in [1.54, 1.807) is 5.56 Å². The lowest BCUT2D eigenvalue weighted by Gasteiger charge is -2.37. The normalized spacial score (nSPS) is 26.9. The maximum atomic E-state index is 5.85. The van der Waals surface area contributed by atoms with E-state index in [4.69, 9.17) is 5.73 Å². The van der Waals surface area contributed by atoms with E-state index in [1.807, 2.05) is 12.1 Å². The second-order valence-electron chi connectivity index (χ2n) is 6.53. The zero-order valence-corrected chi connectivity index (χ0v) is 13.7. The van der Waals surface area contributed by atoms with Crippen molar-refractivity contribution >= 4 is 18.1 Å². The minimum atomic E-state index is 0. The predicted octanol–water partition coefficient (Wildman–Crippen LogP) is 4.01. The molecule has 0 radical (unpaired) electrons. The van der Waals surface area contributed by atoms with Crippen molar-refractivity contribution in [2.45, 2.75) is 30.7 Å². The number of nitrogen functional groups attached to an aromatic ring is 1. The minimum Gasteiger partial charge on any atom is -0.399 e. The van der Waals surface area contributed by atoms with Crippen LogP contribution in [0.5, 0.6) is 0 Å². The summed E-state index contributed by atoms with van der Waals surface area (Å²) in [6.07, 6.45) is 2.52. The van der Waals surface area contributed by atoms with Crippen molar-refractivity contribution in [1.82, 2.24) is 4.90 Å². The van der Waals surface area contributed by atoms with Crippen LogP contribution in [0.3, 0.4) is 0 Å². The zero-order valence-electron chi connectivity index (χ0n) is 12.9. The number of fused-ring (bicyclic) bond motifs is 3. The molecule has 4 rings (SSSR count). The van der Waals surface area contributed by atoms with E-state index >= 15 is 0 Å². The standard InChI is InChI=1S/C19H22N2.ClH/c1-21-11-10-17-15-4-2-3-5-16(15)18(12-19(17)21)13-6-8-14(20)9-7-13;/h2-9,17-19H,10-12,20H2,1H3;1H/t17-,18+,19+;/m1./s1. The number of anilines is 1. The molecule has 1 heterocycles. The number of likely N-dealkylation sites (tertiary alicyclic amines) is 1. The van der Waals surface area contributed by atoms with Crippen LogP contribution in [-0.4, -0.2) is 24.5 Å². The van der Waals surface area contributed by atoms with Crippen LogP contribution in [0.2, 0.25) is 0 Å². The fourth-order valence-electron chi connectivity index (χ4n) is 4.29. The molecule has 116 valence electrons. The van der Waals surface area contributed by atoms with E-state index in [0.717, 1.165) is 11.6 Å². The van der Waals surface area contributed by atoms with Gasteiger partial charge in [-0.1, -0.05) is 36.4 Å². The zero-order chi connectivity index (χ0) is 14.4. The number of likely N-dealkylation sites (N-methyl/N-ethyl adjacent to an activating group) is 1. The summed E-state index contributed by atoms with van der Waals surface area (Å²) < 4.78 is 0. The molecule has 0 amide bonds. The van der Waals surface area contributed by atoms with Crippen LogP contribution >= 0.6 is 12.4 Å². The van der Waals surface area contributed by atoms with Crippen molar-refractivity contribution in [3.63, 3.8) is 0 Å². The van der Waals surface area contributed by atoms with Crippen LogP contribution in [-0.2, 0) is 0 Å². The van der Waals surface area contributed by atoms with Crippen molar-refractivity contribution in [3.8, 4) is 0 Å². The van der Waals surface area contributed by atoms with E-state index in [-0.39, 0.29) is 12.4 Å². The molecule has 2 aliphatic rings. The van der Waals surface area contributed by atoms with Gasteiger partial charge in [0.05, 0.1) is 0 Å². The third-order valence-electron chi connectivity index (χ3n) is 5.41. The molecule has 1 aliphatic carbocycles. The molecule has 1 saturated heterocycles. The molecule has 2 N–H and O–H groups in total. The van der Waals surface area contributed by atoms with Gasteiger partial charge in [-0.2, -0.15) is 0 Å². The van der Waals surface area contributed by atoms with Crippen LogP contribution < -0.4 is 5.73 Å². The maximum absolute atomic E-state index is 5.85. The van der Waals surface area contributed by atoms with Crippen LogP contribution in [0.4, 0.5) is 5.69 Å². The molecular weight excluding hydrogens is 292 g/mol. The molecule has 0 bridgehead atoms. The molecule has 0 aromatic heterocycles. The highest BCUT2D eigenvalue weighted by atomic mass is 35.5. The largest absolute Gasteiger partial charge is 0.399 e. The summed E-state index contributed by atoms with van der Waals surface area (Å²) in [6, 6.07) is 18.2. The molecule has 2 nitrogen and oxygen atoms in total.